The highest BCUT2D eigenvalue weighted by molar-refractivity contribution is 6.32. The van der Waals surface area contributed by atoms with Crippen molar-refractivity contribution >= 4 is 17.3 Å². The number of benzene rings is 1. The second kappa shape index (κ2) is 4.59. The average Bonchev–Trinajstić information content (AvgIpc) is 2.27. The third-order valence-electron chi connectivity index (χ3n) is 2.15. The third kappa shape index (κ3) is 2.65. The largest absolute Gasteiger partial charge is 0.437 e. The minimum absolute atomic E-state index is 0.229. The normalized spacial score (nSPS) is 10.3. The third-order valence-corrected chi connectivity index (χ3v) is 2.46. The summed E-state index contributed by atoms with van der Waals surface area (Å²) in [6.45, 7) is 1.80. The molecule has 2 aromatic rings. The quantitative estimate of drug-likeness (QED) is 0.889. The zero-order chi connectivity index (χ0) is 12.4. The van der Waals surface area contributed by atoms with Gasteiger partial charge in [-0.3, -0.25) is 0 Å². The highest BCUT2D eigenvalue weighted by Gasteiger charge is 2.08. The number of anilines is 1. The molecule has 0 spiro atoms. The van der Waals surface area contributed by atoms with E-state index in [1.54, 1.807) is 13.0 Å². The van der Waals surface area contributed by atoms with Crippen molar-refractivity contribution in [3.8, 4) is 11.6 Å². The molecular formula is C12H10ClFN2O. The van der Waals surface area contributed by atoms with Crippen LogP contribution >= 0.6 is 11.6 Å². The van der Waals surface area contributed by atoms with Gasteiger partial charge in [-0.05, 0) is 25.1 Å². The van der Waals surface area contributed by atoms with E-state index >= 15 is 0 Å². The van der Waals surface area contributed by atoms with Crippen LogP contribution in [0.25, 0.3) is 0 Å². The Morgan fingerprint density at radius 3 is 2.82 bits per heavy atom. The van der Waals surface area contributed by atoms with Crippen molar-refractivity contribution in [2.75, 3.05) is 5.73 Å². The van der Waals surface area contributed by atoms with E-state index in [1.165, 1.54) is 24.4 Å². The molecule has 0 atom stereocenters. The Morgan fingerprint density at radius 1 is 1.35 bits per heavy atom. The van der Waals surface area contributed by atoms with E-state index in [-0.39, 0.29) is 5.75 Å². The van der Waals surface area contributed by atoms with Crippen molar-refractivity contribution in [3.05, 3.63) is 46.9 Å². The Bertz CT molecular complexity index is 560. The summed E-state index contributed by atoms with van der Waals surface area (Å²) in [6.07, 6.45) is 1.47. The van der Waals surface area contributed by atoms with Crippen molar-refractivity contribution in [1.82, 2.24) is 4.98 Å². The number of nitrogen functional groups attached to an aromatic ring is 1. The molecular weight excluding hydrogens is 243 g/mol. The van der Waals surface area contributed by atoms with E-state index in [9.17, 15) is 4.39 Å². The van der Waals surface area contributed by atoms with Crippen molar-refractivity contribution in [3.63, 3.8) is 0 Å². The molecule has 0 aliphatic heterocycles. The van der Waals surface area contributed by atoms with Crippen LogP contribution in [-0.2, 0) is 0 Å². The van der Waals surface area contributed by atoms with Crippen LogP contribution in [0.2, 0.25) is 5.02 Å². The first-order valence-corrected chi connectivity index (χ1v) is 5.29. The summed E-state index contributed by atoms with van der Waals surface area (Å²) in [7, 11) is 0. The highest BCUT2D eigenvalue weighted by Crippen LogP contribution is 2.30. The molecule has 1 aromatic heterocycles. The molecule has 0 aliphatic rings. The number of halogens is 2. The van der Waals surface area contributed by atoms with Gasteiger partial charge in [-0.15, -0.1) is 0 Å². The summed E-state index contributed by atoms with van der Waals surface area (Å²) >= 11 is 5.89. The lowest BCUT2D eigenvalue weighted by Gasteiger charge is -2.09. The first-order valence-electron chi connectivity index (χ1n) is 4.91. The maximum absolute atomic E-state index is 13.0. The van der Waals surface area contributed by atoms with Gasteiger partial charge in [-0.2, -0.15) is 0 Å². The number of ether oxygens (including phenoxy) is 1. The van der Waals surface area contributed by atoms with Crippen LogP contribution < -0.4 is 10.5 Å². The van der Waals surface area contributed by atoms with Gasteiger partial charge >= 0.3 is 0 Å². The molecule has 5 heteroatoms. The van der Waals surface area contributed by atoms with E-state index in [0.29, 0.717) is 16.6 Å². The van der Waals surface area contributed by atoms with E-state index in [4.69, 9.17) is 22.1 Å². The van der Waals surface area contributed by atoms with Gasteiger partial charge in [-0.1, -0.05) is 11.6 Å². The molecule has 0 amide bonds. The zero-order valence-electron chi connectivity index (χ0n) is 9.08. The predicted octanol–water partition coefficient (Wildman–Crippen LogP) is 3.56. The maximum atomic E-state index is 13.0. The molecule has 0 unspecified atom stereocenters. The molecule has 2 N–H and O–H groups in total. The molecule has 2 rings (SSSR count). The minimum atomic E-state index is -0.419. The van der Waals surface area contributed by atoms with Gasteiger partial charge in [0.15, 0.2) is 5.75 Å². The Morgan fingerprint density at radius 2 is 2.12 bits per heavy atom. The first-order chi connectivity index (χ1) is 8.06. The number of pyridine rings is 1. The van der Waals surface area contributed by atoms with Gasteiger partial charge in [-0.25, -0.2) is 9.37 Å². The predicted molar refractivity (Wildman–Crippen MR) is 64.9 cm³/mol. The Labute approximate surface area is 103 Å². The van der Waals surface area contributed by atoms with Crippen molar-refractivity contribution in [1.29, 1.82) is 0 Å². The molecule has 3 nitrogen and oxygen atoms in total. The molecule has 0 bridgehead atoms. The van der Waals surface area contributed by atoms with Gasteiger partial charge in [0.25, 0.3) is 0 Å². The second-order valence-electron chi connectivity index (χ2n) is 3.57. The van der Waals surface area contributed by atoms with Crippen molar-refractivity contribution in [2.24, 2.45) is 0 Å². The number of aromatic nitrogens is 1. The van der Waals surface area contributed by atoms with Gasteiger partial charge in [0.1, 0.15) is 5.82 Å². The number of nitrogens with zero attached hydrogens (tertiary/aromatic N) is 1. The van der Waals surface area contributed by atoms with Gasteiger partial charge in [0.2, 0.25) is 5.88 Å². The zero-order valence-corrected chi connectivity index (χ0v) is 9.83. The monoisotopic (exact) mass is 252 g/mol. The van der Waals surface area contributed by atoms with Crippen LogP contribution in [0.3, 0.4) is 0 Å². The summed E-state index contributed by atoms with van der Waals surface area (Å²) in [5, 5.41) is 0.324. The number of hydrogen-bond acceptors (Lipinski definition) is 3. The van der Waals surface area contributed by atoms with Crippen LogP contribution in [0, 0.1) is 12.7 Å². The molecule has 0 saturated heterocycles. The van der Waals surface area contributed by atoms with Crippen LogP contribution in [0.4, 0.5) is 10.1 Å². The second-order valence-corrected chi connectivity index (χ2v) is 3.97. The summed E-state index contributed by atoms with van der Waals surface area (Å²) in [4.78, 5) is 4.02. The van der Waals surface area contributed by atoms with E-state index in [0.717, 1.165) is 5.56 Å². The van der Waals surface area contributed by atoms with Gasteiger partial charge in [0, 0.05) is 11.6 Å². The van der Waals surface area contributed by atoms with Gasteiger partial charge < -0.3 is 10.5 Å². The smallest absolute Gasteiger partial charge is 0.222 e. The number of hydrogen-bond donors (Lipinski definition) is 1. The summed E-state index contributed by atoms with van der Waals surface area (Å²) < 4.78 is 18.5. The molecule has 0 saturated carbocycles. The highest BCUT2D eigenvalue weighted by atomic mass is 35.5. The Balaban J connectivity index is 2.34. The number of rotatable bonds is 2. The number of aryl methyl sites for hydroxylation is 1. The summed E-state index contributed by atoms with van der Waals surface area (Å²) in [6, 6.07) is 5.62. The molecule has 17 heavy (non-hydrogen) atoms. The average molecular weight is 253 g/mol. The van der Waals surface area contributed by atoms with E-state index < -0.39 is 5.82 Å². The van der Waals surface area contributed by atoms with E-state index in [2.05, 4.69) is 4.98 Å². The van der Waals surface area contributed by atoms with Crippen molar-refractivity contribution < 1.29 is 9.13 Å². The molecule has 1 aromatic carbocycles. The lowest BCUT2D eigenvalue weighted by molar-refractivity contribution is 0.455. The van der Waals surface area contributed by atoms with Crippen LogP contribution in [0.15, 0.2) is 30.5 Å². The fourth-order valence-corrected chi connectivity index (χ4v) is 1.51. The number of nitrogens with two attached hydrogens (primary N) is 1. The topological polar surface area (TPSA) is 48.1 Å². The Kier molecular flexibility index (Phi) is 3.15. The van der Waals surface area contributed by atoms with Crippen LogP contribution in [0.5, 0.6) is 11.6 Å². The molecule has 0 aliphatic carbocycles. The maximum Gasteiger partial charge on any atom is 0.222 e. The summed E-state index contributed by atoms with van der Waals surface area (Å²) in [5.74, 6) is 0.163. The summed E-state index contributed by atoms with van der Waals surface area (Å²) in [5.41, 5.74) is 6.87. The molecule has 88 valence electrons. The van der Waals surface area contributed by atoms with Crippen LogP contribution in [0.1, 0.15) is 5.56 Å². The fourth-order valence-electron chi connectivity index (χ4n) is 1.35. The Hall–Kier alpha value is -1.81. The fraction of sp³-hybridized carbons (Fsp3) is 0.0833. The van der Waals surface area contributed by atoms with E-state index in [1.807, 2.05) is 0 Å². The lowest BCUT2D eigenvalue weighted by atomic mass is 10.3. The molecule has 0 radical (unpaired) electrons. The SMILES string of the molecule is Cc1cc(N)cnc1Oc1cc(F)ccc1Cl. The molecule has 1 heterocycles. The van der Waals surface area contributed by atoms with Gasteiger partial charge in [0.05, 0.1) is 16.9 Å². The molecule has 0 fully saturated rings. The van der Waals surface area contributed by atoms with Crippen molar-refractivity contribution in [2.45, 2.75) is 6.92 Å². The standard InChI is InChI=1S/C12H10ClFN2O/c1-7-4-9(15)6-16-12(7)17-11-5-8(14)2-3-10(11)13/h2-6H,15H2,1H3. The first kappa shape index (κ1) is 11.7. The minimum Gasteiger partial charge on any atom is -0.437 e. The van der Waals surface area contributed by atoms with Crippen LogP contribution in [-0.4, -0.2) is 4.98 Å². The lowest BCUT2D eigenvalue weighted by Crippen LogP contribution is -1.95.